The zero-order chi connectivity index (χ0) is 50.0. The molecule has 0 spiro atoms. The molecule has 6 heteroatoms. The summed E-state index contributed by atoms with van der Waals surface area (Å²) in [5.41, 5.74) is 0. The van der Waals surface area contributed by atoms with Crippen molar-refractivity contribution in [3.8, 4) is 0 Å². The second kappa shape index (κ2) is 57.4. The molecule has 0 amide bonds. The average molecular weight is 964 g/mol. The molecule has 6 nitrogen and oxygen atoms in total. The molecule has 0 heterocycles. The number of ether oxygens (including phenoxy) is 3. The topological polar surface area (TPSA) is 78.9 Å². The predicted molar refractivity (Wildman–Crippen MR) is 298 cm³/mol. The van der Waals surface area contributed by atoms with E-state index < -0.39 is 6.10 Å². The quantitative estimate of drug-likeness (QED) is 0.0262. The van der Waals surface area contributed by atoms with Crippen molar-refractivity contribution < 1.29 is 28.6 Å². The number of unbranched alkanes of at least 4 members (excludes halogenated alkanes) is 30. The molecule has 0 aliphatic carbocycles. The number of hydrogen-bond acceptors (Lipinski definition) is 6. The van der Waals surface area contributed by atoms with E-state index in [1.54, 1.807) is 0 Å². The van der Waals surface area contributed by atoms with Gasteiger partial charge in [0.25, 0.3) is 0 Å². The Morgan fingerprint density at radius 1 is 0.304 bits per heavy atom. The molecule has 0 aromatic carbocycles. The van der Waals surface area contributed by atoms with Gasteiger partial charge < -0.3 is 14.2 Å². The minimum atomic E-state index is -0.787. The van der Waals surface area contributed by atoms with Crippen LogP contribution in [-0.2, 0) is 28.6 Å². The summed E-state index contributed by atoms with van der Waals surface area (Å²) in [5, 5.41) is 0. The van der Waals surface area contributed by atoms with Crippen LogP contribution in [0.3, 0.4) is 0 Å². The summed E-state index contributed by atoms with van der Waals surface area (Å²) in [6.45, 7) is 6.52. The Morgan fingerprint density at radius 3 is 0.899 bits per heavy atom. The van der Waals surface area contributed by atoms with Gasteiger partial charge in [0, 0.05) is 19.3 Å². The lowest BCUT2D eigenvalue weighted by Gasteiger charge is -2.18. The molecule has 0 saturated heterocycles. The molecular formula is C63H110O6. The number of esters is 3. The number of carbonyl (C=O) groups is 3. The van der Waals surface area contributed by atoms with E-state index in [1.165, 1.54) is 141 Å². The van der Waals surface area contributed by atoms with E-state index in [9.17, 15) is 14.4 Å². The van der Waals surface area contributed by atoms with Crippen LogP contribution in [0.4, 0.5) is 0 Å². The minimum absolute atomic E-state index is 0.0846. The SMILES string of the molecule is CC/C=C\C/C=C\C/C=C\C/C=C\CCCCCCCCCCC(=O)OCC(COC(=O)CCCCCCC/C=C\CCCCCCC)OC(=O)CCCCCCC/C=C\CCCCCCCCC. The number of carbonyl (C=O) groups excluding carboxylic acids is 3. The van der Waals surface area contributed by atoms with Crippen LogP contribution in [-0.4, -0.2) is 37.2 Å². The van der Waals surface area contributed by atoms with E-state index in [0.29, 0.717) is 19.3 Å². The summed E-state index contributed by atoms with van der Waals surface area (Å²) in [6, 6.07) is 0. The molecule has 398 valence electrons. The third kappa shape index (κ3) is 55.6. The minimum Gasteiger partial charge on any atom is -0.462 e. The largest absolute Gasteiger partial charge is 0.462 e. The second-order valence-electron chi connectivity index (χ2n) is 19.5. The highest BCUT2D eigenvalue weighted by atomic mass is 16.6. The summed E-state index contributed by atoms with van der Waals surface area (Å²) >= 11 is 0. The maximum Gasteiger partial charge on any atom is 0.306 e. The first kappa shape index (κ1) is 65.8. The van der Waals surface area contributed by atoms with Gasteiger partial charge in [-0.2, -0.15) is 0 Å². The lowest BCUT2D eigenvalue weighted by atomic mass is 10.1. The molecule has 1 unspecified atom stereocenters. The molecule has 0 rings (SSSR count). The molecule has 69 heavy (non-hydrogen) atoms. The van der Waals surface area contributed by atoms with E-state index >= 15 is 0 Å². The Bertz CT molecular complexity index is 1290. The van der Waals surface area contributed by atoms with Crippen LogP contribution in [0.25, 0.3) is 0 Å². The first-order chi connectivity index (χ1) is 34.0. The normalized spacial score (nSPS) is 12.6. The van der Waals surface area contributed by atoms with Gasteiger partial charge >= 0.3 is 17.9 Å². The Hall–Kier alpha value is -3.15. The van der Waals surface area contributed by atoms with Gasteiger partial charge in [0.1, 0.15) is 13.2 Å². The van der Waals surface area contributed by atoms with Gasteiger partial charge in [-0.25, -0.2) is 0 Å². The summed E-state index contributed by atoms with van der Waals surface area (Å²) < 4.78 is 16.9. The van der Waals surface area contributed by atoms with Crippen molar-refractivity contribution in [2.45, 2.75) is 297 Å². The molecule has 0 aromatic heterocycles. The van der Waals surface area contributed by atoms with E-state index in [0.717, 1.165) is 109 Å². The molecule has 0 bridgehead atoms. The van der Waals surface area contributed by atoms with Crippen LogP contribution in [0.1, 0.15) is 290 Å². The van der Waals surface area contributed by atoms with Crippen molar-refractivity contribution in [1.82, 2.24) is 0 Å². The molecule has 0 saturated carbocycles. The maximum atomic E-state index is 12.9. The van der Waals surface area contributed by atoms with Crippen molar-refractivity contribution in [3.05, 3.63) is 72.9 Å². The molecule has 0 aliphatic rings. The summed E-state index contributed by atoms with van der Waals surface area (Å²) in [7, 11) is 0. The third-order valence-corrected chi connectivity index (χ3v) is 12.7. The highest BCUT2D eigenvalue weighted by Crippen LogP contribution is 2.15. The highest BCUT2D eigenvalue weighted by Gasteiger charge is 2.19. The maximum absolute atomic E-state index is 12.9. The first-order valence-corrected chi connectivity index (χ1v) is 29.4. The molecular weight excluding hydrogens is 853 g/mol. The molecule has 0 aliphatic heterocycles. The van der Waals surface area contributed by atoms with Crippen LogP contribution in [0.5, 0.6) is 0 Å². The van der Waals surface area contributed by atoms with Gasteiger partial charge in [0.2, 0.25) is 0 Å². The fraction of sp³-hybridized carbons (Fsp3) is 0.762. The van der Waals surface area contributed by atoms with Crippen LogP contribution >= 0.6 is 0 Å². The van der Waals surface area contributed by atoms with Crippen LogP contribution in [0.2, 0.25) is 0 Å². The smallest absolute Gasteiger partial charge is 0.306 e. The lowest BCUT2D eigenvalue weighted by molar-refractivity contribution is -0.167. The molecule has 0 aromatic rings. The fourth-order valence-electron chi connectivity index (χ4n) is 8.25. The van der Waals surface area contributed by atoms with Crippen LogP contribution in [0.15, 0.2) is 72.9 Å². The first-order valence-electron chi connectivity index (χ1n) is 29.4. The van der Waals surface area contributed by atoms with E-state index in [1.807, 2.05) is 0 Å². The monoisotopic (exact) mass is 963 g/mol. The van der Waals surface area contributed by atoms with E-state index in [2.05, 4.69) is 93.7 Å². The van der Waals surface area contributed by atoms with Crippen molar-refractivity contribution >= 4 is 17.9 Å². The molecule has 0 fully saturated rings. The van der Waals surface area contributed by atoms with Gasteiger partial charge in [0.05, 0.1) is 0 Å². The van der Waals surface area contributed by atoms with Crippen molar-refractivity contribution in [1.29, 1.82) is 0 Å². The summed E-state index contributed by atoms with van der Waals surface area (Å²) in [6.07, 6.45) is 73.2. The second-order valence-corrected chi connectivity index (χ2v) is 19.5. The van der Waals surface area contributed by atoms with E-state index in [-0.39, 0.29) is 31.1 Å². The summed E-state index contributed by atoms with van der Waals surface area (Å²) in [4.78, 5) is 38.2. The fourth-order valence-corrected chi connectivity index (χ4v) is 8.25. The van der Waals surface area contributed by atoms with E-state index in [4.69, 9.17) is 14.2 Å². The standard InChI is InChI=1S/C63H110O6/c1-4-7-10-13-16-19-22-25-28-30-31-32-33-34-36-38-41-44-47-50-53-56-62(65)68-59-60(58-67-61(64)55-52-49-46-43-40-37-27-24-21-18-15-12-9-6-3)69-63(66)57-54-51-48-45-42-39-35-29-26-23-20-17-14-11-8-5-2/h7,10,16,19,24-25,27-29,31-32,35,60H,4-6,8-9,11-15,17-18,20-23,26,30,33-34,36-59H2,1-3H3/b10-7-,19-16-,27-24-,28-25-,32-31-,35-29-. The predicted octanol–water partition coefficient (Wildman–Crippen LogP) is 19.8. The lowest BCUT2D eigenvalue weighted by Crippen LogP contribution is -2.30. The zero-order valence-electron chi connectivity index (χ0n) is 45.6. The van der Waals surface area contributed by atoms with Crippen molar-refractivity contribution in [2.75, 3.05) is 13.2 Å². The average Bonchev–Trinajstić information content (AvgIpc) is 3.35. The van der Waals surface area contributed by atoms with Gasteiger partial charge in [0.15, 0.2) is 6.10 Å². The highest BCUT2D eigenvalue weighted by molar-refractivity contribution is 5.71. The Morgan fingerprint density at radius 2 is 0.565 bits per heavy atom. The van der Waals surface area contributed by atoms with Crippen molar-refractivity contribution in [2.24, 2.45) is 0 Å². The van der Waals surface area contributed by atoms with Crippen molar-refractivity contribution in [3.63, 3.8) is 0 Å². The Kier molecular flexibility index (Phi) is 54.8. The van der Waals surface area contributed by atoms with Gasteiger partial charge in [-0.3, -0.25) is 14.4 Å². The molecule has 0 N–H and O–H groups in total. The van der Waals surface area contributed by atoms with Crippen LogP contribution in [0, 0.1) is 0 Å². The summed E-state index contributed by atoms with van der Waals surface area (Å²) in [5.74, 6) is -0.900. The third-order valence-electron chi connectivity index (χ3n) is 12.7. The Balaban J connectivity index is 4.38. The molecule has 0 radical (unpaired) electrons. The van der Waals surface area contributed by atoms with Crippen LogP contribution < -0.4 is 0 Å². The van der Waals surface area contributed by atoms with Gasteiger partial charge in [-0.05, 0) is 109 Å². The number of allylic oxidation sites excluding steroid dienone is 12. The zero-order valence-corrected chi connectivity index (χ0v) is 45.6. The number of rotatable bonds is 53. The Labute approximate surface area is 427 Å². The van der Waals surface area contributed by atoms with Gasteiger partial charge in [-0.1, -0.05) is 235 Å². The number of hydrogen-bond donors (Lipinski definition) is 0. The van der Waals surface area contributed by atoms with Gasteiger partial charge in [-0.15, -0.1) is 0 Å². The molecule has 1 atom stereocenters.